The minimum absolute atomic E-state index is 0.0644. The van der Waals surface area contributed by atoms with Crippen molar-refractivity contribution >= 4 is 27.5 Å². The molecule has 2 rings (SSSR count). The number of halogens is 1. The van der Waals surface area contributed by atoms with E-state index in [1.807, 2.05) is 13.8 Å². The highest BCUT2D eigenvalue weighted by Gasteiger charge is 2.32. The molecule has 0 saturated carbocycles. The van der Waals surface area contributed by atoms with E-state index in [-0.39, 0.29) is 27.5 Å². The number of nitrogens with zero attached hydrogens (tertiary/aromatic N) is 1. The van der Waals surface area contributed by atoms with Gasteiger partial charge in [-0.05, 0) is 43.4 Å². The van der Waals surface area contributed by atoms with Gasteiger partial charge in [0.25, 0.3) is 0 Å². The first-order valence-corrected chi connectivity index (χ1v) is 10.3. The SMILES string of the molecule is COc1ccc(Cl)cc1S(=O)(=O)N[C@@H](CC(C)C)C(=O)N1CCCC1. The largest absolute Gasteiger partial charge is 0.495 e. The molecule has 1 amide bonds. The molecule has 1 aliphatic heterocycles. The Labute approximate surface area is 154 Å². The second-order valence-corrected chi connectivity index (χ2v) is 8.75. The first-order chi connectivity index (χ1) is 11.7. The van der Waals surface area contributed by atoms with Crippen molar-refractivity contribution in [2.45, 2.75) is 44.0 Å². The van der Waals surface area contributed by atoms with Gasteiger partial charge >= 0.3 is 0 Å². The fraction of sp³-hybridized carbons (Fsp3) is 0.588. The summed E-state index contributed by atoms with van der Waals surface area (Å²) in [6.45, 7) is 5.27. The van der Waals surface area contributed by atoms with E-state index in [1.165, 1.54) is 19.2 Å². The molecule has 0 spiro atoms. The zero-order chi connectivity index (χ0) is 18.6. The molecule has 0 radical (unpaired) electrons. The highest BCUT2D eigenvalue weighted by Crippen LogP contribution is 2.27. The number of carbonyl (C=O) groups is 1. The van der Waals surface area contributed by atoms with Crippen LogP contribution in [0.3, 0.4) is 0 Å². The first-order valence-electron chi connectivity index (χ1n) is 8.39. The number of rotatable bonds is 7. The standard InChI is InChI=1S/C17H25ClN2O4S/c1-12(2)10-14(17(21)20-8-4-5-9-20)19-25(22,23)16-11-13(18)6-7-15(16)24-3/h6-7,11-12,14,19H,4-5,8-10H2,1-3H3/t14-/m0/s1. The second kappa shape index (κ2) is 8.38. The molecule has 1 aliphatic rings. The van der Waals surface area contributed by atoms with Gasteiger partial charge in [0.15, 0.2) is 0 Å². The molecule has 0 aromatic heterocycles. The quantitative estimate of drug-likeness (QED) is 0.779. The van der Waals surface area contributed by atoms with E-state index < -0.39 is 16.1 Å². The Kier molecular flexibility index (Phi) is 6.71. The van der Waals surface area contributed by atoms with Gasteiger partial charge in [0.1, 0.15) is 16.7 Å². The Morgan fingerprint density at radius 3 is 2.52 bits per heavy atom. The molecule has 1 atom stereocenters. The van der Waals surface area contributed by atoms with Crippen LogP contribution >= 0.6 is 11.6 Å². The number of hydrogen-bond donors (Lipinski definition) is 1. The minimum Gasteiger partial charge on any atom is -0.495 e. The zero-order valence-electron chi connectivity index (χ0n) is 14.8. The summed E-state index contributed by atoms with van der Waals surface area (Å²) in [5, 5.41) is 0.285. The summed E-state index contributed by atoms with van der Waals surface area (Å²) < 4.78 is 33.4. The fourth-order valence-corrected chi connectivity index (χ4v) is 4.57. The van der Waals surface area contributed by atoms with E-state index in [2.05, 4.69) is 4.72 Å². The Morgan fingerprint density at radius 2 is 1.96 bits per heavy atom. The highest BCUT2D eigenvalue weighted by atomic mass is 35.5. The summed E-state index contributed by atoms with van der Waals surface area (Å²) >= 11 is 5.94. The van der Waals surface area contributed by atoms with Crippen LogP contribution in [0.5, 0.6) is 5.75 Å². The van der Waals surface area contributed by atoms with E-state index in [4.69, 9.17) is 16.3 Å². The molecule has 1 heterocycles. The van der Waals surface area contributed by atoms with Gasteiger partial charge in [0.2, 0.25) is 15.9 Å². The normalized spacial score (nSPS) is 16.3. The summed E-state index contributed by atoms with van der Waals surface area (Å²) in [4.78, 5) is 14.4. The van der Waals surface area contributed by atoms with Crippen LogP contribution in [0.1, 0.15) is 33.1 Å². The average molecular weight is 389 g/mol. The Morgan fingerprint density at radius 1 is 1.32 bits per heavy atom. The van der Waals surface area contributed by atoms with Crippen LogP contribution in [-0.2, 0) is 14.8 Å². The predicted octanol–water partition coefficient (Wildman–Crippen LogP) is 2.66. The van der Waals surface area contributed by atoms with Crippen molar-refractivity contribution in [2.75, 3.05) is 20.2 Å². The van der Waals surface area contributed by atoms with Gasteiger partial charge in [-0.2, -0.15) is 4.72 Å². The van der Waals surface area contributed by atoms with E-state index in [9.17, 15) is 13.2 Å². The van der Waals surface area contributed by atoms with E-state index in [0.717, 1.165) is 12.8 Å². The van der Waals surface area contributed by atoms with Crippen molar-refractivity contribution in [3.05, 3.63) is 23.2 Å². The third-order valence-corrected chi connectivity index (χ3v) is 5.86. The van der Waals surface area contributed by atoms with Crippen molar-refractivity contribution in [3.63, 3.8) is 0 Å². The molecule has 0 aliphatic carbocycles. The number of carbonyl (C=O) groups excluding carboxylic acids is 1. The minimum atomic E-state index is -3.95. The molecule has 1 aromatic carbocycles. The smallest absolute Gasteiger partial charge is 0.245 e. The lowest BCUT2D eigenvalue weighted by Gasteiger charge is -2.25. The van der Waals surface area contributed by atoms with Gasteiger partial charge in [0.05, 0.1) is 7.11 Å². The van der Waals surface area contributed by atoms with Gasteiger partial charge in [-0.15, -0.1) is 0 Å². The average Bonchev–Trinajstić information content (AvgIpc) is 3.07. The Hall–Kier alpha value is -1.31. The highest BCUT2D eigenvalue weighted by molar-refractivity contribution is 7.89. The third-order valence-electron chi connectivity index (χ3n) is 4.14. The van der Waals surface area contributed by atoms with Crippen LogP contribution < -0.4 is 9.46 Å². The number of likely N-dealkylation sites (tertiary alicyclic amines) is 1. The number of hydrogen-bond acceptors (Lipinski definition) is 4. The molecular formula is C17H25ClN2O4S. The molecule has 0 unspecified atom stereocenters. The molecular weight excluding hydrogens is 364 g/mol. The third kappa shape index (κ3) is 5.09. The van der Waals surface area contributed by atoms with Crippen molar-refractivity contribution in [3.8, 4) is 5.75 Å². The van der Waals surface area contributed by atoms with E-state index in [0.29, 0.717) is 19.5 Å². The van der Waals surface area contributed by atoms with Crippen LogP contribution in [0, 0.1) is 5.92 Å². The molecule has 25 heavy (non-hydrogen) atoms. The van der Waals surface area contributed by atoms with Gasteiger partial charge in [0, 0.05) is 18.1 Å². The number of methoxy groups -OCH3 is 1. The molecule has 1 N–H and O–H groups in total. The summed E-state index contributed by atoms with van der Waals surface area (Å²) in [6, 6.07) is 3.58. The van der Waals surface area contributed by atoms with Crippen molar-refractivity contribution in [2.24, 2.45) is 5.92 Å². The summed E-state index contributed by atoms with van der Waals surface area (Å²) in [5.41, 5.74) is 0. The van der Waals surface area contributed by atoms with Crippen LogP contribution in [0.2, 0.25) is 5.02 Å². The maximum absolute atomic E-state index is 12.9. The molecule has 1 aromatic rings. The topological polar surface area (TPSA) is 75.7 Å². The Bertz CT molecular complexity index is 715. The van der Waals surface area contributed by atoms with Crippen molar-refractivity contribution in [1.82, 2.24) is 9.62 Å². The monoisotopic (exact) mass is 388 g/mol. The number of ether oxygens (including phenoxy) is 1. The lowest BCUT2D eigenvalue weighted by atomic mass is 10.0. The Balaban J connectivity index is 2.30. The van der Waals surface area contributed by atoms with Gasteiger partial charge < -0.3 is 9.64 Å². The maximum Gasteiger partial charge on any atom is 0.245 e. The van der Waals surface area contributed by atoms with Crippen LogP contribution in [-0.4, -0.2) is 45.5 Å². The molecule has 1 fully saturated rings. The summed E-state index contributed by atoms with van der Waals surface area (Å²) in [6.07, 6.45) is 2.33. The van der Waals surface area contributed by atoms with Crippen LogP contribution in [0.4, 0.5) is 0 Å². The lowest BCUT2D eigenvalue weighted by Crippen LogP contribution is -2.48. The number of amides is 1. The molecule has 8 heteroatoms. The number of sulfonamides is 1. The van der Waals surface area contributed by atoms with Gasteiger partial charge in [-0.25, -0.2) is 8.42 Å². The molecule has 0 bridgehead atoms. The first kappa shape index (κ1) is 20.0. The molecule has 140 valence electrons. The number of nitrogens with one attached hydrogen (secondary N) is 1. The van der Waals surface area contributed by atoms with E-state index in [1.54, 1.807) is 11.0 Å². The van der Waals surface area contributed by atoms with E-state index >= 15 is 0 Å². The van der Waals surface area contributed by atoms with Gasteiger partial charge in [-0.1, -0.05) is 25.4 Å². The van der Waals surface area contributed by atoms with Crippen LogP contribution in [0.15, 0.2) is 23.1 Å². The van der Waals surface area contributed by atoms with Crippen LogP contribution in [0.25, 0.3) is 0 Å². The van der Waals surface area contributed by atoms with Gasteiger partial charge in [-0.3, -0.25) is 4.79 Å². The molecule has 6 nitrogen and oxygen atoms in total. The zero-order valence-corrected chi connectivity index (χ0v) is 16.4. The predicted molar refractivity (Wildman–Crippen MR) is 97.4 cm³/mol. The summed E-state index contributed by atoms with van der Waals surface area (Å²) in [5.74, 6) is 0.185. The van der Waals surface area contributed by atoms with Crippen molar-refractivity contribution < 1.29 is 17.9 Å². The summed E-state index contributed by atoms with van der Waals surface area (Å²) in [7, 11) is -2.56. The maximum atomic E-state index is 12.9. The lowest BCUT2D eigenvalue weighted by molar-refractivity contribution is -0.132. The number of benzene rings is 1. The fourth-order valence-electron chi connectivity index (χ4n) is 2.94. The second-order valence-electron chi connectivity index (χ2n) is 6.63. The molecule has 1 saturated heterocycles. The van der Waals surface area contributed by atoms with Crippen molar-refractivity contribution in [1.29, 1.82) is 0 Å².